The Bertz CT molecular complexity index is 543. The van der Waals surface area contributed by atoms with E-state index < -0.39 is 10.0 Å². The monoisotopic (exact) mass is 288 g/mol. The molecule has 0 aliphatic rings. The first-order chi connectivity index (χ1) is 8.74. The van der Waals surface area contributed by atoms with Crippen LogP contribution >= 0.6 is 0 Å². The maximum absolute atomic E-state index is 10.9. The summed E-state index contributed by atoms with van der Waals surface area (Å²) in [5.74, 6) is 7.05. The number of sulfonamides is 1. The van der Waals surface area contributed by atoms with Crippen LogP contribution in [0.2, 0.25) is 0 Å². The first-order valence-corrected chi connectivity index (χ1v) is 7.55. The molecule has 0 unspecified atom stereocenters. The van der Waals surface area contributed by atoms with Crippen LogP contribution in [0.3, 0.4) is 0 Å². The van der Waals surface area contributed by atoms with Gasteiger partial charge in [-0.25, -0.2) is 29.4 Å². The summed E-state index contributed by atoms with van der Waals surface area (Å²) in [6.07, 6.45) is 0. The zero-order chi connectivity index (χ0) is 14.6. The maximum Gasteiger partial charge on any atom is 0.210 e. The Morgan fingerprint density at radius 2 is 1.84 bits per heavy atom. The van der Waals surface area contributed by atoms with Crippen LogP contribution in [-0.4, -0.2) is 30.7 Å². The van der Waals surface area contributed by atoms with Gasteiger partial charge in [0, 0.05) is 18.0 Å². The van der Waals surface area contributed by atoms with Crippen molar-refractivity contribution in [1.29, 1.82) is 0 Å². The third-order valence-corrected chi connectivity index (χ3v) is 3.27. The fourth-order valence-corrected chi connectivity index (χ4v) is 1.80. The van der Waals surface area contributed by atoms with Gasteiger partial charge in [0.15, 0.2) is 0 Å². The summed E-state index contributed by atoms with van der Waals surface area (Å²) in [5, 5.41) is 7.87. The molecule has 9 heteroatoms. The molecule has 0 radical (unpaired) electrons. The first kappa shape index (κ1) is 15.6. The molecule has 1 aromatic heterocycles. The molecule has 0 spiro atoms. The van der Waals surface area contributed by atoms with Crippen molar-refractivity contribution in [2.24, 2.45) is 11.0 Å². The number of nitrogens with two attached hydrogens (primary N) is 2. The summed E-state index contributed by atoms with van der Waals surface area (Å²) in [6, 6.07) is 0. The number of primary sulfonamides is 1. The number of nitrogens with one attached hydrogen (secondary N) is 2. The van der Waals surface area contributed by atoms with Crippen LogP contribution in [0.15, 0.2) is 0 Å². The lowest BCUT2D eigenvalue weighted by Gasteiger charge is -2.14. The van der Waals surface area contributed by atoms with Crippen LogP contribution in [0.1, 0.15) is 31.2 Å². The van der Waals surface area contributed by atoms with Crippen molar-refractivity contribution in [3.05, 3.63) is 11.4 Å². The summed E-state index contributed by atoms with van der Waals surface area (Å²) in [5.41, 5.74) is 3.23. The van der Waals surface area contributed by atoms with Crippen molar-refractivity contribution in [2.45, 2.75) is 26.7 Å². The highest BCUT2D eigenvalue weighted by Crippen LogP contribution is 2.22. The van der Waals surface area contributed by atoms with Crippen LogP contribution in [0, 0.1) is 6.92 Å². The quantitative estimate of drug-likeness (QED) is 0.423. The lowest BCUT2D eigenvalue weighted by molar-refractivity contribution is 0.598. The smallest absolute Gasteiger partial charge is 0.210 e. The van der Waals surface area contributed by atoms with Gasteiger partial charge in [0.2, 0.25) is 10.0 Å². The molecule has 1 aromatic rings. The van der Waals surface area contributed by atoms with Crippen molar-refractivity contribution in [3.63, 3.8) is 0 Å². The van der Waals surface area contributed by atoms with Crippen LogP contribution in [0.25, 0.3) is 0 Å². The standard InChI is InChI=1S/C10H20N6O2S/c1-6(2)8-14-9(7(3)10(15-8)16-11)13-4-5-19(12,17)18/h6H,4-5,11H2,1-3H3,(H2,12,17,18)(H2,13,14,15,16). The molecule has 19 heavy (non-hydrogen) atoms. The Morgan fingerprint density at radius 1 is 1.26 bits per heavy atom. The molecule has 0 atom stereocenters. The molecule has 108 valence electrons. The van der Waals surface area contributed by atoms with Gasteiger partial charge in [-0.2, -0.15) is 0 Å². The molecule has 0 aliphatic carbocycles. The van der Waals surface area contributed by atoms with E-state index in [0.29, 0.717) is 17.5 Å². The fourth-order valence-electron chi connectivity index (χ4n) is 1.42. The molecular formula is C10H20N6O2S. The van der Waals surface area contributed by atoms with E-state index in [4.69, 9.17) is 11.0 Å². The Balaban J connectivity index is 2.95. The number of hydrazine groups is 1. The lowest BCUT2D eigenvalue weighted by atomic mass is 10.2. The molecular weight excluding hydrogens is 268 g/mol. The largest absolute Gasteiger partial charge is 0.369 e. The van der Waals surface area contributed by atoms with Gasteiger partial charge < -0.3 is 10.7 Å². The number of nitrogen functional groups attached to an aromatic ring is 1. The Labute approximate surface area is 113 Å². The number of aromatic nitrogens is 2. The van der Waals surface area contributed by atoms with Gasteiger partial charge in [0.05, 0.1) is 5.75 Å². The van der Waals surface area contributed by atoms with Crippen molar-refractivity contribution >= 4 is 21.7 Å². The molecule has 0 amide bonds. The topological polar surface area (TPSA) is 136 Å². The van der Waals surface area contributed by atoms with Crippen molar-refractivity contribution in [2.75, 3.05) is 23.0 Å². The van der Waals surface area contributed by atoms with Crippen molar-refractivity contribution in [1.82, 2.24) is 9.97 Å². The van der Waals surface area contributed by atoms with Gasteiger partial charge in [-0.15, -0.1) is 0 Å². The second-order valence-corrected chi connectivity index (χ2v) is 6.23. The Kier molecular flexibility index (Phi) is 5.04. The van der Waals surface area contributed by atoms with Gasteiger partial charge in [0.25, 0.3) is 0 Å². The maximum atomic E-state index is 10.9. The number of nitrogens with zero attached hydrogens (tertiary/aromatic N) is 2. The fraction of sp³-hybridized carbons (Fsp3) is 0.600. The van der Waals surface area contributed by atoms with E-state index in [1.165, 1.54) is 0 Å². The van der Waals surface area contributed by atoms with Crippen LogP contribution in [0.4, 0.5) is 11.6 Å². The highest BCUT2D eigenvalue weighted by Gasteiger charge is 2.12. The van der Waals surface area contributed by atoms with Gasteiger partial charge in [0.1, 0.15) is 17.5 Å². The van der Waals surface area contributed by atoms with Gasteiger partial charge in [-0.05, 0) is 6.92 Å². The number of anilines is 2. The summed E-state index contributed by atoms with van der Waals surface area (Å²) >= 11 is 0. The minimum absolute atomic E-state index is 0.131. The van der Waals surface area contributed by atoms with Crippen molar-refractivity contribution < 1.29 is 8.42 Å². The summed E-state index contributed by atoms with van der Waals surface area (Å²) in [7, 11) is -3.50. The zero-order valence-electron chi connectivity index (χ0n) is 11.3. The zero-order valence-corrected chi connectivity index (χ0v) is 12.1. The van der Waals surface area contributed by atoms with Gasteiger partial charge in [-0.1, -0.05) is 13.8 Å². The minimum Gasteiger partial charge on any atom is -0.369 e. The third-order valence-electron chi connectivity index (χ3n) is 2.50. The van der Waals surface area contributed by atoms with Crippen molar-refractivity contribution in [3.8, 4) is 0 Å². The highest BCUT2D eigenvalue weighted by molar-refractivity contribution is 7.89. The van der Waals surface area contributed by atoms with E-state index >= 15 is 0 Å². The van der Waals surface area contributed by atoms with Gasteiger partial charge >= 0.3 is 0 Å². The molecule has 6 N–H and O–H groups in total. The predicted octanol–water partition coefficient (Wildman–Crippen LogP) is -0.106. The summed E-state index contributed by atoms with van der Waals surface area (Å²) in [4.78, 5) is 8.62. The normalized spacial score (nSPS) is 11.7. The molecule has 0 saturated heterocycles. The van der Waals surface area contributed by atoms with Crippen LogP contribution in [-0.2, 0) is 10.0 Å². The Morgan fingerprint density at radius 3 is 2.32 bits per heavy atom. The molecule has 1 rings (SSSR count). The SMILES string of the molecule is Cc1c(NN)nc(C(C)C)nc1NCCS(N)(=O)=O. The predicted molar refractivity (Wildman–Crippen MR) is 75.1 cm³/mol. The second-order valence-electron chi connectivity index (χ2n) is 4.50. The van der Waals surface area contributed by atoms with E-state index in [9.17, 15) is 8.42 Å². The lowest BCUT2D eigenvalue weighted by Crippen LogP contribution is -2.23. The second kappa shape index (κ2) is 6.13. The van der Waals surface area contributed by atoms with E-state index in [-0.39, 0.29) is 18.2 Å². The average molecular weight is 288 g/mol. The first-order valence-electron chi connectivity index (χ1n) is 5.84. The molecule has 0 saturated carbocycles. The molecule has 0 aromatic carbocycles. The third kappa shape index (κ3) is 4.62. The van der Waals surface area contributed by atoms with E-state index in [1.54, 1.807) is 6.92 Å². The number of rotatable bonds is 6. The van der Waals surface area contributed by atoms with Gasteiger partial charge in [-0.3, -0.25) is 0 Å². The molecule has 8 nitrogen and oxygen atoms in total. The number of hydrogen-bond donors (Lipinski definition) is 4. The summed E-state index contributed by atoms with van der Waals surface area (Å²) in [6.45, 7) is 5.88. The highest BCUT2D eigenvalue weighted by atomic mass is 32.2. The van der Waals surface area contributed by atoms with E-state index in [2.05, 4.69) is 20.7 Å². The molecule has 0 aliphatic heterocycles. The molecule has 0 bridgehead atoms. The number of hydrogen-bond acceptors (Lipinski definition) is 7. The van der Waals surface area contributed by atoms with Crippen LogP contribution < -0.4 is 21.7 Å². The van der Waals surface area contributed by atoms with E-state index in [0.717, 1.165) is 5.56 Å². The van der Waals surface area contributed by atoms with E-state index in [1.807, 2.05) is 13.8 Å². The minimum atomic E-state index is -3.50. The Hall–Kier alpha value is -1.45. The summed E-state index contributed by atoms with van der Waals surface area (Å²) < 4.78 is 21.8. The molecule has 0 fully saturated rings. The average Bonchev–Trinajstić information content (AvgIpc) is 2.29. The van der Waals surface area contributed by atoms with Crippen LogP contribution in [0.5, 0.6) is 0 Å². The molecule has 1 heterocycles.